The Morgan fingerprint density at radius 3 is 2.53 bits per heavy atom. The molecule has 2 heteroatoms. The van der Waals surface area contributed by atoms with E-state index >= 15 is 0 Å². The number of hydrogen-bond donors (Lipinski definition) is 1. The van der Waals surface area contributed by atoms with Crippen LogP contribution in [0.4, 0.5) is 0 Å². The first-order valence-corrected chi connectivity index (χ1v) is 8.06. The highest BCUT2D eigenvalue weighted by molar-refractivity contribution is 6.32. The first-order chi connectivity index (χ1) is 9.20. The summed E-state index contributed by atoms with van der Waals surface area (Å²) in [5.74, 6) is 0. The van der Waals surface area contributed by atoms with Gasteiger partial charge in [-0.25, -0.2) is 0 Å². The molecule has 0 aliphatic heterocycles. The number of aryl methyl sites for hydroxylation is 1. The maximum Gasteiger partial charge on any atom is 0.0482 e. The van der Waals surface area contributed by atoms with Gasteiger partial charge >= 0.3 is 0 Å². The molecule has 0 fully saturated rings. The van der Waals surface area contributed by atoms with Crippen LogP contribution >= 0.6 is 11.6 Å². The summed E-state index contributed by atoms with van der Waals surface area (Å²) in [7, 11) is 0. The SMILES string of the molecule is CCCCCCCC(NCC)c1cccc(C)c1Cl. The van der Waals surface area contributed by atoms with E-state index in [1.807, 2.05) is 0 Å². The zero-order chi connectivity index (χ0) is 14.1. The first kappa shape index (κ1) is 16.5. The minimum atomic E-state index is 0.402. The van der Waals surface area contributed by atoms with Crippen molar-refractivity contribution in [1.29, 1.82) is 0 Å². The van der Waals surface area contributed by atoms with Crippen LogP contribution in [0, 0.1) is 6.92 Å². The third kappa shape index (κ3) is 5.54. The van der Waals surface area contributed by atoms with Gasteiger partial charge in [0, 0.05) is 11.1 Å². The van der Waals surface area contributed by atoms with Crippen LogP contribution in [0.25, 0.3) is 0 Å². The van der Waals surface area contributed by atoms with Crippen LogP contribution < -0.4 is 5.32 Å². The molecule has 1 aromatic rings. The molecule has 0 amide bonds. The fraction of sp³-hybridized carbons (Fsp3) is 0.647. The molecule has 108 valence electrons. The molecule has 19 heavy (non-hydrogen) atoms. The molecule has 1 atom stereocenters. The van der Waals surface area contributed by atoms with Crippen LogP contribution in [0.15, 0.2) is 18.2 Å². The predicted octanol–water partition coefficient (Wildman–Crippen LogP) is 5.66. The maximum atomic E-state index is 6.45. The number of halogens is 1. The normalized spacial score (nSPS) is 12.6. The highest BCUT2D eigenvalue weighted by Gasteiger charge is 2.14. The van der Waals surface area contributed by atoms with Gasteiger partial charge in [0.25, 0.3) is 0 Å². The molecular formula is C17H28ClN. The summed E-state index contributed by atoms with van der Waals surface area (Å²) in [6.07, 6.45) is 7.82. The molecule has 1 rings (SSSR count). The van der Waals surface area contributed by atoms with E-state index in [9.17, 15) is 0 Å². The van der Waals surface area contributed by atoms with Gasteiger partial charge in [0.1, 0.15) is 0 Å². The van der Waals surface area contributed by atoms with Gasteiger partial charge < -0.3 is 5.32 Å². The summed E-state index contributed by atoms with van der Waals surface area (Å²) >= 11 is 6.45. The minimum absolute atomic E-state index is 0.402. The standard InChI is InChI=1S/C17H28ClN/c1-4-6-7-8-9-13-16(19-5-2)15-12-10-11-14(3)17(15)18/h10-12,16,19H,4-9,13H2,1-3H3. The van der Waals surface area contributed by atoms with E-state index in [-0.39, 0.29) is 0 Å². The van der Waals surface area contributed by atoms with Gasteiger partial charge in [-0.2, -0.15) is 0 Å². The molecule has 1 unspecified atom stereocenters. The Hall–Kier alpha value is -0.530. The number of rotatable bonds is 9. The van der Waals surface area contributed by atoms with Crippen molar-refractivity contribution in [2.24, 2.45) is 0 Å². The van der Waals surface area contributed by atoms with Gasteiger partial charge in [0.2, 0.25) is 0 Å². The molecule has 0 aromatic heterocycles. The Labute approximate surface area is 123 Å². The van der Waals surface area contributed by atoms with Crippen molar-refractivity contribution in [2.45, 2.75) is 65.3 Å². The van der Waals surface area contributed by atoms with Crippen molar-refractivity contribution in [2.75, 3.05) is 6.54 Å². The van der Waals surface area contributed by atoms with Gasteiger partial charge in [-0.15, -0.1) is 0 Å². The van der Waals surface area contributed by atoms with Gasteiger partial charge in [-0.3, -0.25) is 0 Å². The zero-order valence-corrected chi connectivity index (χ0v) is 13.4. The van der Waals surface area contributed by atoms with E-state index in [2.05, 4.69) is 44.3 Å². The molecule has 0 heterocycles. The lowest BCUT2D eigenvalue weighted by atomic mass is 9.98. The molecule has 0 saturated heterocycles. The lowest BCUT2D eigenvalue weighted by molar-refractivity contribution is 0.479. The fourth-order valence-corrected chi connectivity index (χ4v) is 2.76. The third-order valence-corrected chi connectivity index (χ3v) is 4.16. The lowest BCUT2D eigenvalue weighted by Crippen LogP contribution is -2.21. The smallest absolute Gasteiger partial charge is 0.0482 e. The van der Waals surface area contributed by atoms with Crippen molar-refractivity contribution < 1.29 is 0 Å². The van der Waals surface area contributed by atoms with E-state index < -0.39 is 0 Å². The topological polar surface area (TPSA) is 12.0 Å². The summed E-state index contributed by atoms with van der Waals surface area (Å²) in [5.41, 5.74) is 2.44. The van der Waals surface area contributed by atoms with Gasteiger partial charge in [0.15, 0.2) is 0 Å². The van der Waals surface area contributed by atoms with Crippen LogP contribution in [-0.2, 0) is 0 Å². The number of hydrogen-bond acceptors (Lipinski definition) is 1. The molecule has 0 spiro atoms. The van der Waals surface area contributed by atoms with Crippen molar-refractivity contribution in [3.05, 3.63) is 34.3 Å². The maximum absolute atomic E-state index is 6.45. The first-order valence-electron chi connectivity index (χ1n) is 7.69. The quantitative estimate of drug-likeness (QED) is 0.576. The summed E-state index contributed by atoms with van der Waals surface area (Å²) in [5, 5.41) is 4.51. The Bertz CT molecular complexity index is 362. The third-order valence-electron chi connectivity index (χ3n) is 3.64. The second-order valence-electron chi connectivity index (χ2n) is 5.29. The van der Waals surface area contributed by atoms with Crippen LogP contribution in [0.5, 0.6) is 0 Å². The molecular weight excluding hydrogens is 254 g/mol. The van der Waals surface area contributed by atoms with Crippen molar-refractivity contribution in [3.8, 4) is 0 Å². The van der Waals surface area contributed by atoms with Gasteiger partial charge in [-0.05, 0) is 31.0 Å². The Balaban J connectivity index is 2.58. The van der Waals surface area contributed by atoms with E-state index in [0.717, 1.165) is 11.6 Å². The van der Waals surface area contributed by atoms with E-state index in [4.69, 9.17) is 11.6 Å². The number of benzene rings is 1. The minimum Gasteiger partial charge on any atom is -0.310 e. The van der Waals surface area contributed by atoms with E-state index in [0.29, 0.717) is 6.04 Å². The Kier molecular flexibility index (Phi) is 8.16. The average molecular weight is 282 g/mol. The van der Waals surface area contributed by atoms with Crippen molar-refractivity contribution >= 4 is 11.6 Å². The molecule has 1 N–H and O–H groups in total. The summed E-state index contributed by atoms with van der Waals surface area (Å²) in [4.78, 5) is 0. The lowest BCUT2D eigenvalue weighted by Gasteiger charge is -2.20. The highest BCUT2D eigenvalue weighted by atomic mass is 35.5. The molecule has 0 radical (unpaired) electrons. The fourth-order valence-electron chi connectivity index (χ4n) is 2.51. The predicted molar refractivity (Wildman–Crippen MR) is 86.0 cm³/mol. The second-order valence-corrected chi connectivity index (χ2v) is 5.67. The van der Waals surface area contributed by atoms with Crippen LogP contribution in [0.3, 0.4) is 0 Å². The number of nitrogens with one attached hydrogen (secondary N) is 1. The molecule has 0 aliphatic carbocycles. The second kappa shape index (κ2) is 9.39. The highest BCUT2D eigenvalue weighted by Crippen LogP contribution is 2.29. The molecule has 0 saturated carbocycles. The average Bonchev–Trinajstić information content (AvgIpc) is 2.41. The zero-order valence-electron chi connectivity index (χ0n) is 12.6. The Morgan fingerprint density at radius 1 is 1.11 bits per heavy atom. The summed E-state index contributed by atoms with van der Waals surface area (Å²) in [6.45, 7) is 7.49. The molecule has 0 bridgehead atoms. The number of unbranched alkanes of at least 4 members (excludes halogenated alkanes) is 4. The molecule has 1 nitrogen and oxygen atoms in total. The van der Waals surface area contributed by atoms with Crippen molar-refractivity contribution in [3.63, 3.8) is 0 Å². The van der Waals surface area contributed by atoms with E-state index in [1.165, 1.54) is 49.7 Å². The molecule has 0 aliphatic rings. The molecule has 1 aromatic carbocycles. The van der Waals surface area contributed by atoms with Crippen molar-refractivity contribution in [1.82, 2.24) is 5.32 Å². The monoisotopic (exact) mass is 281 g/mol. The van der Waals surface area contributed by atoms with Gasteiger partial charge in [-0.1, -0.05) is 75.8 Å². The summed E-state index contributed by atoms with van der Waals surface area (Å²) < 4.78 is 0. The van der Waals surface area contributed by atoms with E-state index in [1.54, 1.807) is 0 Å². The van der Waals surface area contributed by atoms with Crippen LogP contribution in [-0.4, -0.2) is 6.54 Å². The largest absolute Gasteiger partial charge is 0.310 e. The van der Waals surface area contributed by atoms with Crippen LogP contribution in [0.2, 0.25) is 5.02 Å². The Morgan fingerprint density at radius 2 is 1.84 bits per heavy atom. The van der Waals surface area contributed by atoms with Crippen LogP contribution in [0.1, 0.15) is 69.5 Å². The summed E-state index contributed by atoms with van der Waals surface area (Å²) in [6, 6.07) is 6.75. The van der Waals surface area contributed by atoms with Gasteiger partial charge in [0.05, 0.1) is 0 Å².